The normalized spacial score (nSPS) is 19.1. The molecule has 5 aromatic rings. The first-order valence-corrected chi connectivity index (χ1v) is 18.1. The third-order valence-electron chi connectivity index (χ3n) is 11.2. The fraction of sp³-hybridized carbons (Fsp3) is 0.357. The average Bonchev–Trinajstić information content (AvgIpc) is 3.15. The van der Waals surface area contributed by atoms with E-state index in [-0.39, 0.29) is 17.4 Å². The number of fused-ring (bicyclic) bond motifs is 1. The van der Waals surface area contributed by atoms with E-state index in [1.165, 1.54) is 23.3 Å². The van der Waals surface area contributed by atoms with Crippen LogP contribution in [0.2, 0.25) is 0 Å². The summed E-state index contributed by atoms with van der Waals surface area (Å²) in [6.45, 7) is 10.2. The lowest BCUT2D eigenvalue weighted by molar-refractivity contribution is -0.137. The fourth-order valence-corrected chi connectivity index (χ4v) is 7.86. The molecule has 2 atom stereocenters. The minimum Gasteiger partial charge on any atom is -0.361 e. The van der Waals surface area contributed by atoms with Gasteiger partial charge in [-0.15, -0.1) is 5.10 Å². The number of anilines is 1. The van der Waals surface area contributed by atoms with E-state index in [0.717, 1.165) is 77.4 Å². The van der Waals surface area contributed by atoms with Crippen LogP contribution in [-0.4, -0.2) is 45.0 Å². The molecule has 0 spiro atoms. The van der Waals surface area contributed by atoms with E-state index in [1.807, 2.05) is 44.3 Å². The zero-order valence-electron chi connectivity index (χ0n) is 30.3. The molecule has 2 fully saturated rings. The number of aryl methyl sites for hydroxylation is 2. The molecule has 0 bridgehead atoms. The predicted molar refractivity (Wildman–Crippen MR) is 199 cm³/mol. The lowest BCUT2D eigenvalue weighted by Gasteiger charge is -2.34. The molecule has 3 aromatic carbocycles. The van der Waals surface area contributed by atoms with Gasteiger partial charge in [-0.1, -0.05) is 48.5 Å². The minimum atomic E-state index is -2.91. The van der Waals surface area contributed by atoms with Crippen molar-refractivity contribution < 1.29 is 22.8 Å². The number of amides is 2. The summed E-state index contributed by atoms with van der Waals surface area (Å²) in [4.78, 5) is 31.6. The maximum Gasteiger partial charge on any atom is 0.266 e. The number of imide groups is 1. The van der Waals surface area contributed by atoms with Crippen LogP contribution in [0.5, 0.6) is 0 Å². The molecule has 0 unspecified atom stereocenters. The highest BCUT2D eigenvalue weighted by molar-refractivity contribution is 6.03. The number of carbonyl (C=O) groups excluding carboxylic acids is 2. The highest BCUT2D eigenvalue weighted by Gasteiger charge is 2.40. The van der Waals surface area contributed by atoms with E-state index in [2.05, 4.69) is 56.9 Å². The van der Waals surface area contributed by atoms with Crippen molar-refractivity contribution in [1.82, 2.24) is 25.4 Å². The molecule has 7 rings (SSSR count). The number of nitrogens with zero attached hydrogens (tertiary/aromatic N) is 4. The lowest BCUT2D eigenvalue weighted by atomic mass is 9.74. The maximum atomic E-state index is 15.0. The Morgan fingerprint density at radius 3 is 2.43 bits per heavy atom. The standard InChI is InChI=1S/C42H43F3N6O2/c1-24-20-30(42(4)16-12-37(52)48-41(42)53)9-11-32(24)27-14-18-51(19-15-27)23-31-21-29(13-17-46-31)28-8-10-33-26(3)49-50-40(36(33)22-28)47-25(2)34-6-5-7-35(38(34)43)39(44)45/h5-11,13,17,20-22,25,27,39H,12,14-16,18-19,23H2,1-4H3,(H,47,50)(H,48,52,53)/t25-,42-/m1/s1. The van der Waals surface area contributed by atoms with E-state index in [9.17, 15) is 22.8 Å². The Kier molecular flexibility index (Phi) is 10.0. The highest BCUT2D eigenvalue weighted by Crippen LogP contribution is 2.37. The van der Waals surface area contributed by atoms with Gasteiger partial charge in [-0.05, 0) is 112 Å². The molecule has 2 aromatic heterocycles. The Labute approximate surface area is 307 Å². The molecule has 4 heterocycles. The fourth-order valence-electron chi connectivity index (χ4n) is 7.86. The summed E-state index contributed by atoms with van der Waals surface area (Å²) >= 11 is 0. The van der Waals surface area contributed by atoms with Gasteiger partial charge in [-0.25, -0.2) is 13.2 Å². The number of pyridine rings is 1. The Morgan fingerprint density at radius 2 is 1.70 bits per heavy atom. The van der Waals surface area contributed by atoms with Crippen LogP contribution in [0.3, 0.4) is 0 Å². The predicted octanol–water partition coefficient (Wildman–Crippen LogP) is 8.63. The molecule has 53 heavy (non-hydrogen) atoms. The number of likely N-dealkylation sites (tertiary alicyclic amines) is 1. The summed E-state index contributed by atoms with van der Waals surface area (Å²) in [5, 5.41) is 16.1. The second-order valence-corrected chi connectivity index (χ2v) is 14.7. The van der Waals surface area contributed by atoms with Crippen molar-refractivity contribution in [1.29, 1.82) is 0 Å². The zero-order chi connectivity index (χ0) is 37.4. The molecule has 2 aliphatic heterocycles. The van der Waals surface area contributed by atoms with Crippen LogP contribution in [0, 0.1) is 19.7 Å². The number of hydrogen-bond donors (Lipinski definition) is 2. The van der Waals surface area contributed by atoms with Gasteiger partial charge in [0, 0.05) is 35.5 Å². The van der Waals surface area contributed by atoms with Gasteiger partial charge in [-0.2, -0.15) is 5.10 Å². The van der Waals surface area contributed by atoms with Gasteiger partial charge in [-0.3, -0.25) is 24.8 Å². The van der Waals surface area contributed by atoms with Crippen molar-refractivity contribution in [3.8, 4) is 11.1 Å². The number of benzene rings is 3. The molecular formula is C42H43F3N6O2. The topological polar surface area (TPSA) is 100 Å². The number of carbonyl (C=O) groups is 2. The monoisotopic (exact) mass is 720 g/mol. The molecular weight excluding hydrogens is 677 g/mol. The summed E-state index contributed by atoms with van der Waals surface area (Å²) in [5.74, 6) is -0.491. The van der Waals surface area contributed by atoms with Crippen LogP contribution >= 0.6 is 0 Å². The van der Waals surface area contributed by atoms with Crippen molar-refractivity contribution in [2.45, 2.75) is 83.7 Å². The van der Waals surface area contributed by atoms with E-state index in [4.69, 9.17) is 4.98 Å². The molecule has 0 saturated carbocycles. The van der Waals surface area contributed by atoms with Gasteiger partial charge in [0.05, 0.1) is 28.4 Å². The van der Waals surface area contributed by atoms with Crippen molar-refractivity contribution >= 4 is 28.4 Å². The molecule has 2 N–H and O–H groups in total. The van der Waals surface area contributed by atoms with E-state index in [0.29, 0.717) is 24.6 Å². The third-order valence-corrected chi connectivity index (χ3v) is 11.2. The number of rotatable bonds is 9. The van der Waals surface area contributed by atoms with Crippen LogP contribution in [0.25, 0.3) is 21.9 Å². The van der Waals surface area contributed by atoms with Gasteiger partial charge in [0.1, 0.15) is 5.82 Å². The molecule has 274 valence electrons. The zero-order valence-corrected chi connectivity index (χ0v) is 30.3. The lowest BCUT2D eigenvalue weighted by Crippen LogP contribution is -2.49. The Bertz CT molecular complexity index is 2200. The molecule has 8 nitrogen and oxygen atoms in total. The van der Waals surface area contributed by atoms with Crippen molar-refractivity contribution in [2.75, 3.05) is 18.4 Å². The summed E-state index contributed by atoms with van der Waals surface area (Å²) < 4.78 is 41.8. The second kappa shape index (κ2) is 14.7. The van der Waals surface area contributed by atoms with Crippen LogP contribution in [-0.2, 0) is 21.5 Å². The largest absolute Gasteiger partial charge is 0.361 e. The van der Waals surface area contributed by atoms with Gasteiger partial charge in [0.25, 0.3) is 6.43 Å². The maximum absolute atomic E-state index is 15.0. The first kappa shape index (κ1) is 36.2. The second-order valence-electron chi connectivity index (χ2n) is 14.7. The number of aromatic nitrogens is 3. The van der Waals surface area contributed by atoms with Crippen LogP contribution in [0.15, 0.2) is 72.9 Å². The first-order valence-electron chi connectivity index (χ1n) is 18.1. The minimum absolute atomic E-state index is 0.129. The summed E-state index contributed by atoms with van der Waals surface area (Å²) in [6.07, 6.45) is 1.81. The molecule has 0 radical (unpaired) electrons. The van der Waals surface area contributed by atoms with Gasteiger partial charge in [0.15, 0.2) is 5.82 Å². The molecule has 11 heteroatoms. The Morgan fingerprint density at radius 1 is 0.943 bits per heavy atom. The number of alkyl halides is 2. The van der Waals surface area contributed by atoms with E-state index in [1.54, 1.807) is 6.92 Å². The quantitative estimate of drug-likeness (QED) is 0.147. The summed E-state index contributed by atoms with van der Waals surface area (Å²) in [7, 11) is 0. The van der Waals surface area contributed by atoms with Gasteiger partial charge >= 0.3 is 0 Å². The SMILES string of the molecule is Cc1cc([C@@]2(C)CCC(=O)NC2=O)ccc1C1CCN(Cc2cc(-c3ccc4c(C)nnc(N[C@H](C)c5cccc(C(F)F)c5F)c4c3)ccn2)CC1. The number of nitrogens with one attached hydrogen (secondary N) is 2. The first-order chi connectivity index (χ1) is 25.4. The number of piperidine rings is 2. The number of halogens is 3. The van der Waals surface area contributed by atoms with E-state index >= 15 is 0 Å². The van der Waals surface area contributed by atoms with Crippen molar-refractivity contribution in [2.24, 2.45) is 0 Å². The van der Waals surface area contributed by atoms with Crippen LogP contribution in [0.1, 0.15) is 97.1 Å². The Balaban J connectivity index is 1.04. The summed E-state index contributed by atoms with van der Waals surface area (Å²) in [6, 6.07) is 19.9. The van der Waals surface area contributed by atoms with Gasteiger partial charge in [0.2, 0.25) is 11.8 Å². The summed E-state index contributed by atoms with van der Waals surface area (Å²) in [5.41, 5.74) is 5.91. The van der Waals surface area contributed by atoms with E-state index < -0.39 is 29.3 Å². The van der Waals surface area contributed by atoms with Crippen LogP contribution in [0.4, 0.5) is 19.0 Å². The molecule has 2 amide bonds. The Hall–Kier alpha value is -5.16. The average molecular weight is 721 g/mol. The van der Waals surface area contributed by atoms with Crippen LogP contribution < -0.4 is 10.6 Å². The van der Waals surface area contributed by atoms with Crippen molar-refractivity contribution in [3.05, 3.63) is 118 Å². The molecule has 0 aliphatic carbocycles. The van der Waals surface area contributed by atoms with Gasteiger partial charge < -0.3 is 5.32 Å². The number of hydrogen-bond acceptors (Lipinski definition) is 7. The third kappa shape index (κ3) is 7.27. The molecule has 2 aliphatic rings. The molecule has 2 saturated heterocycles. The smallest absolute Gasteiger partial charge is 0.266 e. The van der Waals surface area contributed by atoms with Crippen molar-refractivity contribution in [3.63, 3.8) is 0 Å². The highest BCUT2D eigenvalue weighted by atomic mass is 19.3.